The van der Waals surface area contributed by atoms with E-state index in [-0.39, 0.29) is 31.3 Å². The van der Waals surface area contributed by atoms with Gasteiger partial charge in [-0.05, 0) is 11.0 Å². The van der Waals surface area contributed by atoms with Gasteiger partial charge in [0.1, 0.15) is 0 Å². The third-order valence-corrected chi connectivity index (χ3v) is 0. The third kappa shape index (κ3) is 9.08. The van der Waals surface area contributed by atoms with Crippen molar-refractivity contribution in [1.29, 1.82) is 0 Å². The van der Waals surface area contributed by atoms with Gasteiger partial charge in [0.05, 0.1) is 0 Å². The molecule has 0 radical (unpaired) electrons. The molecule has 0 atom stereocenters. The Morgan fingerprint density at radius 1 is 1.50 bits per heavy atom. The zero-order chi connectivity index (χ0) is 2.00. The van der Waals surface area contributed by atoms with E-state index in [0.717, 1.165) is 22.4 Å². The molecule has 0 bridgehead atoms. The fourth-order valence-electron chi connectivity index (χ4n) is 0. The van der Waals surface area contributed by atoms with E-state index < -0.39 is 0 Å². The summed E-state index contributed by atoms with van der Waals surface area (Å²) < 4.78 is 0. The molecule has 0 rings (SSSR count). The van der Waals surface area contributed by atoms with Crippen LogP contribution in [0, 0.1) is 0 Å². The van der Waals surface area contributed by atoms with Crippen LogP contribution < -0.4 is 18.9 Å². The predicted molar refractivity (Wildman–Crippen MR) is 27.2 cm³/mol. The van der Waals surface area contributed by atoms with Crippen LogP contribution in [0.15, 0.2) is 0 Å². The molecule has 0 amide bonds. The van der Waals surface area contributed by atoms with Gasteiger partial charge in [0, 0.05) is 0 Å². The minimum atomic E-state index is 0. The number of hydrogen-bond acceptors (Lipinski definition) is 1. The normalized spacial score (nSPS) is 0.750. The van der Waals surface area contributed by atoms with Crippen LogP contribution in [0.4, 0.5) is 0 Å². The summed E-state index contributed by atoms with van der Waals surface area (Å²) in [6, 6.07) is 0. The Morgan fingerprint density at radius 3 is 1.50 bits per heavy atom. The fourth-order valence-corrected chi connectivity index (χ4v) is 0. The van der Waals surface area contributed by atoms with Gasteiger partial charge in [-0.25, -0.2) is 0 Å². The second-order valence-corrected chi connectivity index (χ2v) is 0. The molecule has 0 unspecified atom stereocenters. The van der Waals surface area contributed by atoms with Gasteiger partial charge < -0.3 is 1.43 Å². The summed E-state index contributed by atoms with van der Waals surface area (Å²) in [4.78, 5) is 0. The van der Waals surface area contributed by atoms with E-state index in [4.69, 9.17) is 0 Å². The van der Waals surface area contributed by atoms with E-state index in [1.54, 1.807) is 0 Å². The first-order valence-corrected chi connectivity index (χ1v) is 5.81. The number of rotatable bonds is 0. The van der Waals surface area contributed by atoms with Crippen molar-refractivity contribution in [3.63, 3.8) is 0 Å². The van der Waals surface area contributed by atoms with E-state index in [1.807, 2.05) is 0 Å². The molecule has 0 saturated heterocycles. The third-order valence-electron chi connectivity index (χ3n) is 0. The maximum Gasteiger partial charge on any atom is -0.0149 e. The molecule has 0 aliphatic rings. The van der Waals surface area contributed by atoms with Crippen molar-refractivity contribution in [1.82, 2.24) is 0 Å². The first kappa shape index (κ1) is 16.8. The van der Waals surface area contributed by atoms with Crippen LogP contribution in [0.1, 0.15) is 1.43 Å². The maximum atomic E-state index is 4.25. The first-order valence-electron chi connectivity index (χ1n) is 0.289. The van der Waals surface area contributed by atoms with Gasteiger partial charge in [0.25, 0.3) is 0 Å². The van der Waals surface area contributed by atoms with Crippen LogP contribution in [-0.2, 0) is 0 Å². The second kappa shape index (κ2) is 20.6. The van der Waals surface area contributed by atoms with Crippen molar-refractivity contribution in [2.75, 3.05) is 0 Å². The quantitative estimate of drug-likeness (QED) is 0.346. The summed E-state index contributed by atoms with van der Waals surface area (Å²) in [5.41, 5.74) is 0. The van der Waals surface area contributed by atoms with Crippen molar-refractivity contribution in [3.05, 3.63) is 0 Å². The van der Waals surface area contributed by atoms with Crippen LogP contribution in [-0.4, -0.2) is 33.3 Å². The van der Waals surface area contributed by atoms with Gasteiger partial charge >= 0.3 is 50.1 Å². The van der Waals surface area contributed by atoms with Crippen molar-refractivity contribution < 1.29 is 20.3 Å². The van der Waals surface area contributed by atoms with Crippen molar-refractivity contribution >= 4 is 42.2 Å². The van der Waals surface area contributed by atoms with E-state index in [2.05, 4.69) is 8.92 Å². The summed E-state index contributed by atoms with van der Waals surface area (Å²) in [6.07, 6.45) is 0. The summed E-state index contributed by atoms with van der Waals surface area (Å²) in [5.74, 6) is 0. The summed E-state index contributed by atoms with van der Waals surface area (Å²) in [5, 5.41) is 0. The molecule has 0 heterocycles. The Labute approximate surface area is 62.0 Å². The summed E-state index contributed by atoms with van der Waals surface area (Å²) in [6.45, 7) is 0. The minimum Gasteiger partial charge on any atom is -0.0149 e. The summed E-state index contributed by atoms with van der Waals surface area (Å²) >= 11 is 0.733. The second-order valence-electron chi connectivity index (χ2n) is 0. The van der Waals surface area contributed by atoms with Crippen LogP contribution in [0.2, 0.25) is 0 Å². The zero-order valence-corrected chi connectivity index (χ0v) is 6.97. The molecule has 0 aromatic carbocycles. The van der Waals surface area contributed by atoms with Gasteiger partial charge in [-0.1, -0.05) is 0 Å². The topological polar surface area (TPSA) is 0 Å². The molecular weight excluding hydrogens is 182 g/mol. The van der Waals surface area contributed by atoms with Gasteiger partial charge in [-0.15, -0.1) is 0 Å². The van der Waals surface area contributed by atoms with Crippen molar-refractivity contribution in [2.45, 2.75) is 0 Å². The summed E-state index contributed by atoms with van der Waals surface area (Å²) in [7, 11) is 4.25. The van der Waals surface area contributed by atoms with Crippen molar-refractivity contribution in [3.8, 4) is 0 Å². The molecule has 20 valence electrons. The Balaban J connectivity index is -0.00000000167. The Hall–Kier alpha value is 1.90. The fraction of sp³-hybridized carbons (Fsp3) is 0. The Bertz CT molecular complexity index is 11.6. The first-order chi connectivity index (χ1) is 1.00. The molecule has 4 heavy (non-hydrogen) atoms. The Kier molecular flexibility index (Phi) is 86.8. The molecule has 0 nitrogen and oxygen atoms in total. The standard InChI is InChI=1S/In.Li.S.H4Si.2H/h;;;1H4;;/q;+1;;;;-1. The molecule has 0 aromatic heterocycles. The smallest absolute Gasteiger partial charge is 0.0149 e. The van der Waals surface area contributed by atoms with Gasteiger partial charge in [-0.2, -0.15) is 0 Å². The predicted octanol–water partition coefficient (Wildman–Crippen LogP) is -4.34. The van der Waals surface area contributed by atoms with Crippen LogP contribution in [0.25, 0.3) is 0 Å². The monoisotopic (exact) mass is 188 g/mol. The molecule has 0 spiro atoms. The SMILES string of the molecule is [H-].[Li+].[S]=[InH].[SiH4]. The van der Waals surface area contributed by atoms with E-state index in [0.29, 0.717) is 0 Å². The van der Waals surface area contributed by atoms with Gasteiger partial charge in [-0.3, -0.25) is 0 Å². The molecule has 0 N–H and O–H groups in total. The van der Waals surface area contributed by atoms with Gasteiger partial charge in [0.2, 0.25) is 0 Å². The molecular formula is H6InLiSSi. The molecule has 4 heteroatoms. The van der Waals surface area contributed by atoms with Crippen LogP contribution in [0.3, 0.4) is 0 Å². The van der Waals surface area contributed by atoms with Crippen LogP contribution in [0.5, 0.6) is 0 Å². The van der Waals surface area contributed by atoms with E-state index >= 15 is 0 Å². The maximum absolute atomic E-state index is 4.25. The van der Waals surface area contributed by atoms with E-state index in [9.17, 15) is 0 Å². The average Bonchev–Trinajstić information content (AvgIpc) is 1.00. The molecule has 0 aromatic rings. The minimum absolute atomic E-state index is 0. The van der Waals surface area contributed by atoms with Crippen LogP contribution >= 0.6 is 8.92 Å². The average molecular weight is 188 g/mol. The molecule has 0 aliphatic carbocycles. The van der Waals surface area contributed by atoms with Crippen molar-refractivity contribution in [2.24, 2.45) is 0 Å². The zero-order valence-electron chi connectivity index (χ0n) is 3.12. The largest absolute Gasteiger partial charge is 0.0149 e. The number of hydrogen-bond donors (Lipinski definition) is 0. The Morgan fingerprint density at radius 2 is 1.50 bits per heavy atom. The van der Waals surface area contributed by atoms with Gasteiger partial charge in [0.15, 0.2) is 0 Å². The molecule has 0 aliphatic heterocycles. The van der Waals surface area contributed by atoms with E-state index in [1.165, 1.54) is 0 Å². The molecule has 0 saturated carbocycles. The molecule has 0 fully saturated rings.